The van der Waals surface area contributed by atoms with E-state index in [1.165, 1.54) is 7.11 Å². The highest BCUT2D eigenvalue weighted by Gasteiger charge is 2.20. The molecule has 0 amide bonds. The maximum absolute atomic E-state index is 12.8. The fourth-order valence-electron chi connectivity index (χ4n) is 2.56. The molecule has 1 atom stereocenters. The van der Waals surface area contributed by atoms with Crippen LogP contribution in [0.3, 0.4) is 0 Å². The third-order valence-electron chi connectivity index (χ3n) is 4.16. The van der Waals surface area contributed by atoms with Crippen LogP contribution < -0.4 is 5.32 Å². The van der Waals surface area contributed by atoms with Crippen LogP contribution in [0, 0.1) is 13.8 Å². The summed E-state index contributed by atoms with van der Waals surface area (Å²) in [6, 6.07) is 12.9. The van der Waals surface area contributed by atoms with Crippen molar-refractivity contribution < 1.29 is 14.3 Å². The Morgan fingerprint density at radius 3 is 2.38 bits per heavy atom. The Labute approximate surface area is 142 Å². The minimum atomic E-state index is -0.529. The second-order valence-corrected chi connectivity index (χ2v) is 5.90. The van der Waals surface area contributed by atoms with Gasteiger partial charge in [0, 0.05) is 17.7 Å². The molecule has 0 radical (unpaired) electrons. The first-order valence-corrected chi connectivity index (χ1v) is 7.95. The lowest BCUT2D eigenvalue weighted by Gasteiger charge is -2.19. The van der Waals surface area contributed by atoms with E-state index in [1.54, 1.807) is 6.92 Å². The van der Waals surface area contributed by atoms with Gasteiger partial charge in [0.05, 0.1) is 7.11 Å². The zero-order chi connectivity index (χ0) is 17.7. The fourth-order valence-corrected chi connectivity index (χ4v) is 2.56. The lowest BCUT2D eigenvalue weighted by atomic mass is 9.96. The van der Waals surface area contributed by atoms with E-state index >= 15 is 0 Å². The lowest BCUT2D eigenvalue weighted by molar-refractivity contribution is -0.141. The van der Waals surface area contributed by atoms with Gasteiger partial charge in [-0.25, -0.2) is 4.79 Å². The molecule has 0 saturated carbocycles. The van der Waals surface area contributed by atoms with Crippen LogP contribution in [0.1, 0.15) is 34.0 Å². The van der Waals surface area contributed by atoms with Crippen molar-refractivity contribution in [1.82, 2.24) is 0 Å². The Morgan fingerprint density at radius 1 is 1.08 bits per heavy atom. The minimum absolute atomic E-state index is 0.0175. The van der Waals surface area contributed by atoms with Gasteiger partial charge in [0.25, 0.3) is 0 Å². The molecule has 0 saturated heterocycles. The molecule has 0 spiro atoms. The first-order valence-electron chi connectivity index (χ1n) is 7.95. The zero-order valence-electron chi connectivity index (χ0n) is 14.6. The molecule has 0 aliphatic carbocycles. The summed E-state index contributed by atoms with van der Waals surface area (Å²) in [5.74, 6) is -0.346. The molecule has 4 nitrogen and oxygen atoms in total. The molecule has 2 aromatic rings. The first-order chi connectivity index (χ1) is 11.4. The van der Waals surface area contributed by atoms with Gasteiger partial charge in [0.2, 0.25) is 0 Å². The summed E-state index contributed by atoms with van der Waals surface area (Å²) in [4.78, 5) is 24.5. The van der Waals surface area contributed by atoms with Crippen LogP contribution in [-0.2, 0) is 16.0 Å². The van der Waals surface area contributed by atoms with Crippen LogP contribution in [0.15, 0.2) is 42.5 Å². The van der Waals surface area contributed by atoms with Crippen molar-refractivity contribution in [3.8, 4) is 0 Å². The van der Waals surface area contributed by atoms with Crippen LogP contribution in [0.25, 0.3) is 0 Å². The van der Waals surface area contributed by atoms with Crippen LogP contribution in [-0.4, -0.2) is 24.9 Å². The Balaban J connectivity index is 2.33. The normalized spacial score (nSPS) is 11.7. The standard InChI is InChI=1S/C20H23NO3/c1-13-10-11-17(18(22)12-16-8-6-5-7-9-16)19(14(13)2)21-15(3)20(23)24-4/h5-11,15,21H,12H2,1-4H3. The summed E-state index contributed by atoms with van der Waals surface area (Å²) in [7, 11) is 1.35. The number of Topliss-reactive ketones (excluding diaryl/α,β-unsaturated/α-hetero) is 1. The predicted molar refractivity (Wildman–Crippen MR) is 95.5 cm³/mol. The van der Waals surface area contributed by atoms with Gasteiger partial charge in [0.1, 0.15) is 6.04 Å². The van der Waals surface area contributed by atoms with Crippen molar-refractivity contribution in [1.29, 1.82) is 0 Å². The number of anilines is 1. The Morgan fingerprint density at radius 2 is 1.75 bits per heavy atom. The molecule has 1 unspecified atom stereocenters. The molecular weight excluding hydrogens is 302 g/mol. The second kappa shape index (κ2) is 7.77. The van der Waals surface area contributed by atoms with E-state index in [9.17, 15) is 9.59 Å². The molecule has 24 heavy (non-hydrogen) atoms. The molecule has 0 aliphatic rings. The number of aryl methyl sites for hydroxylation is 1. The highest BCUT2D eigenvalue weighted by Crippen LogP contribution is 2.26. The third-order valence-corrected chi connectivity index (χ3v) is 4.16. The third kappa shape index (κ3) is 4.02. The molecule has 0 heterocycles. The maximum atomic E-state index is 12.8. The van der Waals surface area contributed by atoms with E-state index in [0.717, 1.165) is 16.7 Å². The topological polar surface area (TPSA) is 55.4 Å². The average molecular weight is 325 g/mol. The van der Waals surface area contributed by atoms with E-state index in [4.69, 9.17) is 4.74 Å². The Bertz CT molecular complexity index is 738. The van der Waals surface area contributed by atoms with Gasteiger partial charge >= 0.3 is 5.97 Å². The van der Waals surface area contributed by atoms with Gasteiger partial charge in [-0.2, -0.15) is 0 Å². The number of ketones is 1. The summed E-state index contributed by atoms with van der Waals surface area (Å²) in [6.07, 6.45) is 0.324. The SMILES string of the molecule is COC(=O)C(C)Nc1c(C(=O)Cc2ccccc2)ccc(C)c1C. The second-order valence-electron chi connectivity index (χ2n) is 5.90. The summed E-state index contributed by atoms with van der Waals surface area (Å²) < 4.78 is 4.76. The highest BCUT2D eigenvalue weighted by molar-refractivity contribution is 6.03. The van der Waals surface area contributed by atoms with Crippen molar-refractivity contribution in [2.24, 2.45) is 0 Å². The molecule has 0 bridgehead atoms. The number of esters is 1. The maximum Gasteiger partial charge on any atom is 0.327 e. The number of carbonyl (C=O) groups excluding carboxylic acids is 2. The smallest absolute Gasteiger partial charge is 0.327 e. The molecule has 0 fully saturated rings. The van der Waals surface area contributed by atoms with Gasteiger partial charge < -0.3 is 10.1 Å². The minimum Gasteiger partial charge on any atom is -0.467 e. The van der Waals surface area contributed by atoms with Crippen molar-refractivity contribution in [3.63, 3.8) is 0 Å². The average Bonchev–Trinajstić information content (AvgIpc) is 2.59. The molecular formula is C20H23NO3. The Hall–Kier alpha value is -2.62. The van der Waals surface area contributed by atoms with E-state index in [2.05, 4.69) is 5.32 Å². The quantitative estimate of drug-likeness (QED) is 0.650. The molecule has 2 rings (SSSR count). The summed E-state index contributed by atoms with van der Waals surface area (Å²) in [6.45, 7) is 5.65. The van der Waals surface area contributed by atoms with E-state index in [0.29, 0.717) is 17.7 Å². The van der Waals surface area contributed by atoms with Gasteiger partial charge in [-0.15, -0.1) is 0 Å². The van der Waals surface area contributed by atoms with Crippen molar-refractivity contribution in [2.45, 2.75) is 33.2 Å². The lowest BCUT2D eigenvalue weighted by Crippen LogP contribution is -2.28. The number of rotatable bonds is 6. The molecule has 0 aromatic heterocycles. The van der Waals surface area contributed by atoms with Crippen molar-refractivity contribution >= 4 is 17.4 Å². The van der Waals surface area contributed by atoms with Crippen LogP contribution >= 0.6 is 0 Å². The number of hydrogen-bond donors (Lipinski definition) is 1. The van der Waals surface area contributed by atoms with Gasteiger partial charge in [-0.1, -0.05) is 36.4 Å². The zero-order valence-corrected chi connectivity index (χ0v) is 14.6. The van der Waals surface area contributed by atoms with Crippen LogP contribution in [0.2, 0.25) is 0 Å². The highest BCUT2D eigenvalue weighted by atomic mass is 16.5. The number of hydrogen-bond acceptors (Lipinski definition) is 4. The first kappa shape index (κ1) is 17.7. The number of methoxy groups -OCH3 is 1. The predicted octanol–water partition coefficient (Wildman–Crippen LogP) is 3.70. The number of ether oxygens (including phenoxy) is 1. The molecule has 126 valence electrons. The molecule has 0 aliphatic heterocycles. The van der Waals surface area contributed by atoms with Gasteiger partial charge in [-0.05, 0) is 43.5 Å². The Kier molecular flexibility index (Phi) is 5.74. The van der Waals surface area contributed by atoms with E-state index in [1.807, 2.05) is 56.3 Å². The molecule has 4 heteroatoms. The van der Waals surface area contributed by atoms with Crippen LogP contribution in [0.5, 0.6) is 0 Å². The summed E-state index contributed by atoms with van der Waals surface area (Å²) in [5, 5.41) is 3.14. The monoisotopic (exact) mass is 325 g/mol. The summed E-state index contributed by atoms with van der Waals surface area (Å²) in [5.41, 5.74) is 4.29. The van der Waals surface area contributed by atoms with Gasteiger partial charge in [-0.3, -0.25) is 4.79 Å². The summed E-state index contributed by atoms with van der Waals surface area (Å²) >= 11 is 0. The van der Waals surface area contributed by atoms with Crippen molar-refractivity contribution in [2.75, 3.05) is 12.4 Å². The van der Waals surface area contributed by atoms with E-state index < -0.39 is 6.04 Å². The number of carbonyl (C=O) groups is 2. The fraction of sp³-hybridized carbons (Fsp3) is 0.300. The number of benzene rings is 2. The molecule has 2 aromatic carbocycles. The largest absolute Gasteiger partial charge is 0.467 e. The van der Waals surface area contributed by atoms with Crippen LogP contribution in [0.4, 0.5) is 5.69 Å². The van der Waals surface area contributed by atoms with E-state index in [-0.39, 0.29) is 11.8 Å². The van der Waals surface area contributed by atoms with Gasteiger partial charge in [0.15, 0.2) is 5.78 Å². The molecule has 1 N–H and O–H groups in total. The van der Waals surface area contributed by atoms with Crippen molar-refractivity contribution in [3.05, 3.63) is 64.7 Å². The number of nitrogens with one attached hydrogen (secondary N) is 1.